The Morgan fingerprint density at radius 2 is 1.63 bits per heavy atom. The van der Waals surface area contributed by atoms with Crippen LogP contribution in [0.25, 0.3) is 0 Å². The molecule has 2 amide bonds. The third-order valence-electron chi connectivity index (χ3n) is 5.47. The SMILES string of the molecule is O=C(CCC1CCCCC1)NC(=S)Nc1ccccc1C(=O)NCc1ccccc1. The van der Waals surface area contributed by atoms with Gasteiger partial charge >= 0.3 is 0 Å². The maximum atomic E-state index is 12.6. The summed E-state index contributed by atoms with van der Waals surface area (Å²) in [7, 11) is 0. The highest BCUT2D eigenvalue weighted by Crippen LogP contribution is 2.27. The van der Waals surface area contributed by atoms with Crippen LogP contribution in [0.3, 0.4) is 0 Å². The lowest BCUT2D eigenvalue weighted by atomic mass is 9.86. The Morgan fingerprint density at radius 3 is 2.40 bits per heavy atom. The first-order valence-corrected chi connectivity index (χ1v) is 11.0. The summed E-state index contributed by atoms with van der Waals surface area (Å²) in [5.74, 6) is 0.373. The Balaban J connectivity index is 1.50. The number of benzene rings is 2. The van der Waals surface area contributed by atoms with E-state index in [0.29, 0.717) is 30.1 Å². The molecule has 3 rings (SSSR count). The molecule has 1 aliphatic rings. The second kappa shape index (κ2) is 11.5. The molecule has 0 heterocycles. The zero-order valence-corrected chi connectivity index (χ0v) is 18.0. The molecule has 0 spiro atoms. The van der Waals surface area contributed by atoms with Crippen molar-refractivity contribution in [3.63, 3.8) is 0 Å². The quantitative estimate of drug-likeness (QED) is 0.560. The zero-order chi connectivity index (χ0) is 21.2. The minimum atomic E-state index is -0.201. The average molecular weight is 424 g/mol. The Hall–Kier alpha value is -2.73. The molecule has 0 atom stereocenters. The maximum absolute atomic E-state index is 12.6. The molecule has 2 aromatic carbocycles. The summed E-state index contributed by atoms with van der Waals surface area (Å²) >= 11 is 5.30. The van der Waals surface area contributed by atoms with E-state index in [0.717, 1.165) is 12.0 Å². The Morgan fingerprint density at radius 1 is 0.933 bits per heavy atom. The third kappa shape index (κ3) is 6.95. The predicted molar refractivity (Wildman–Crippen MR) is 124 cm³/mol. The smallest absolute Gasteiger partial charge is 0.253 e. The molecule has 3 N–H and O–H groups in total. The average Bonchev–Trinajstić information content (AvgIpc) is 2.78. The van der Waals surface area contributed by atoms with Crippen molar-refractivity contribution in [1.29, 1.82) is 0 Å². The molecule has 1 aliphatic carbocycles. The van der Waals surface area contributed by atoms with Crippen LogP contribution in [0.4, 0.5) is 5.69 Å². The second-order valence-corrected chi connectivity index (χ2v) is 8.17. The van der Waals surface area contributed by atoms with Crippen molar-refractivity contribution < 1.29 is 9.59 Å². The van der Waals surface area contributed by atoms with Crippen LogP contribution >= 0.6 is 12.2 Å². The van der Waals surface area contributed by atoms with Crippen LogP contribution in [0.5, 0.6) is 0 Å². The number of anilines is 1. The predicted octanol–water partition coefficient (Wildman–Crippen LogP) is 4.79. The van der Waals surface area contributed by atoms with Crippen molar-refractivity contribution in [1.82, 2.24) is 10.6 Å². The standard InChI is InChI=1S/C24H29N3O2S/c28-22(16-15-18-9-3-1-4-10-18)27-24(30)26-21-14-8-7-13-20(21)23(29)25-17-19-11-5-2-6-12-19/h2,5-8,11-14,18H,1,3-4,9-10,15-17H2,(H,25,29)(H2,26,27,28,30). The number of para-hydroxylation sites is 1. The number of thiocarbonyl (C=S) groups is 1. The van der Waals surface area contributed by atoms with Gasteiger partial charge in [-0.2, -0.15) is 0 Å². The van der Waals surface area contributed by atoms with E-state index < -0.39 is 0 Å². The van der Waals surface area contributed by atoms with E-state index in [2.05, 4.69) is 16.0 Å². The number of rotatable bonds is 7. The van der Waals surface area contributed by atoms with E-state index in [9.17, 15) is 9.59 Å². The lowest BCUT2D eigenvalue weighted by Gasteiger charge is -2.21. The van der Waals surface area contributed by atoms with Gasteiger partial charge in [0.1, 0.15) is 0 Å². The maximum Gasteiger partial charge on any atom is 0.253 e. The summed E-state index contributed by atoms with van der Waals surface area (Å²) in [5.41, 5.74) is 2.07. The van der Waals surface area contributed by atoms with E-state index >= 15 is 0 Å². The molecule has 30 heavy (non-hydrogen) atoms. The fourth-order valence-electron chi connectivity index (χ4n) is 3.82. The lowest BCUT2D eigenvalue weighted by molar-refractivity contribution is -0.120. The van der Waals surface area contributed by atoms with Crippen molar-refractivity contribution in [3.8, 4) is 0 Å². The molecule has 0 bridgehead atoms. The molecule has 1 fully saturated rings. The number of hydrogen-bond donors (Lipinski definition) is 3. The molecular weight excluding hydrogens is 394 g/mol. The first-order valence-electron chi connectivity index (χ1n) is 10.6. The minimum absolute atomic E-state index is 0.0796. The topological polar surface area (TPSA) is 70.2 Å². The second-order valence-electron chi connectivity index (χ2n) is 7.76. The van der Waals surface area contributed by atoms with Gasteiger partial charge in [0.25, 0.3) is 5.91 Å². The molecule has 6 heteroatoms. The van der Waals surface area contributed by atoms with Crippen molar-refractivity contribution in [2.24, 2.45) is 5.92 Å². The molecule has 158 valence electrons. The van der Waals surface area contributed by atoms with Gasteiger partial charge < -0.3 is 16.0 Å². The number of carbonyl (C=O) groups excluding carboxylic acids is 2. The van der Waals surface area contributed by atoms with E-state index in [4.69, 9.17) is 12.2 Å². The molecule has 1 saturated carbocycles. The first-order chi connectivity index (χ1) is 14.6. The third-order valence-corrected chi connectivity index (χ3v) is 5.68. The summed E-state index contributed by atoms with van der Waals surface area (Å²) in [6.07, 6.45) is 7.70. The molecule has 2 aromatic rings. The fraction of sp³-hybridized carbons (Fsp3) is 0.375. The molecular formula is C24H29N3O2S. The van der Waals surface area contributed by atoms with Crippen LogP contribution in [0.2, 0.25) is 0 Å². The fourth-order valence-corrected chi connectivity index (χ4v) is 4.04. The van der Waals surface area contributed by atoms with Gasteiger partial charge in [0.15, 0.2) is 5.11 Å². The summed E-state index contributed by atoms with van der Waals surface area (Å²) < 4.78 is 0. The van der Waals surface area contributed by atoms with Gasteiger partial charge in [0.05, 0.1) is 11.3 Å². The largest absolute Gasteiger partial charge is 0.348 e. The van der Waals surface area contributed by atoms with Gasteiger partial charge in [-0.15, -0.1) is 0 Å². The monoisotopic (exact) mass is 423 g/mol. The molecule has 0 unspecified atom stereocenters. The number of carbonyl (C=O) groups is 2. The first kappa shape index (κ1) is 22.0. The van der Waals surface area contributed by atoms with Crippen molar-refractivity contribution in [2.75, 3.05) is 5.32 Å². The van der Waals surface area contributed by atoms with Gasteiger partial charge in [-0.1, -0.05) is 74.6 Å². The highest BCUT2D eigenvalue weighted by Gasteiger charge is 2.16. The van der Waals surface area contributed by atoms with Crippen LogP contribution in [-0.2, 0) is 11.3 Å². The van der Waals surface area contributed by atoms with Crippen molar-refractivity contribution in [3.05, 3.63) is 65.7 Å². The molecule has 0 aliphatic heterocycles. The van der Waals surface area contributed by atoms with Crippen LogP contribution in [-0.4, -0.2) is 16.9 Å². The molecule has 0 radical (unpaired) electrons. The lowest BCUT2D eigenvalue weighted by Crippen LogP contribution is -2.35. The van der Waals surface area contributed by atoms with Crippen molar-refractivity contribution >= 4 is 34.8 Å². The van der Waals surface area contributed by atoms with Gasteiger partial charge in [-0.25, -0.2) is 0 Å². The van der Waals surface area contributed by atoms with E-state index in [1.54, 1.807) is 18.2 Å². The minimum Gasteiger partial charge on any atom is -0.348 e. The summed E-state index contributed by atoms with van der Waals surface area (Å²) in [6, 6.07) is 16.9. The Kier molecular flexibility index (Phi) is 8.39. The number of hydrogen-bond acceptors (Lipinski definition) is 3. The van der Waals surface area contributed by atoms with Crippen LogP contribution in [0.1, 0.15) is 60.9 Å². The summed E-state index contributed by atoms with van der Waals surface area (Å²) in [6.45, 7) is 0.441. The molecule has 0 saturated heterocycles. The number of amides is 2. The van der Waals surface area contributed by atoms with Crippen LogP contribution in [0, 0.1) is 5.92 Å². The number of nitrogens with one attached hydrogen (secondary N) is 3. The Labute approximate surface area is 183 Å². The van der Waals surface area contributed by atoms with Gasteiger partial charge in [-0.3, -0.25) is 9.59 Å². The van der Waals surface area contributed by atoms with E-state index in [-0.39, 0.29) is 16.9 Å². The summed E-state index contributed by atoms with van der Waals surface area (Å²) in [5, 5.41) is 8.87. The highest BCUT2D eigenvalue weighted by molar-refractivity contribution is 7.80. The Bertz CT molecular complexity index is 864. The zero-order valence-electron chi connectivity index (χ0n) is 17.2. The normalized spacial score (nSPS) is 14.0. The molecule has 5 nitrogen and oxygen atoms in total. The van der Waals surface area contributed by atoms with E-state index in [1.165, 1.54) is 32.1 Å². The van der Waals surface area contributed by atoms with Crippen LogP contribution in [0.15, 0.2) is 54.6 Å². The van der Waals surface area contributed by atoms with Gasteiger partial charge in [0.2, 0.25) is 5.91 Å². The van der Waals surface area contributed by atoms with Crippen LogP contribution < -0.4 is 16.0 Å². The van der Waals surface area contributed by atoms with Crippen molar-refractivity contribution in [2.45, 2.75) is 51.5 Å². The van der Waals surface area contributed by atoms with Gasteiger partial charge in [-0.05, 0) is 42.3 Å². The van der Waals surface area contributed by atoms with Gasteiger partial charge in [0, 0.05) is 13.0 Å². The summed E-state index contributed by atoms with van der Waals surface area (Å²) in [4.78, 5) is 24.9. The van der Waals surface area contributed by atoms with E-state index in [1.807, 2.05) is 36.4 Å². The highest BCUT2D eigenvalue weighted by atomic mass is 32.1. The molecule has 0 aromatic heterocycles.